The molecule has 0 atom stereocenters. The molecule has 0 bridgehead atoms. The van der Waals surface area contributed by atoms with Crippen LogP contribution in [-0.4, -0.2) is 21.4 Å². The summed E-state index contributed by atoms with van der Waals surface area (Å²) in [5, 5.41) is 12.4. The summed E-state index contributed by atoms with van der Waals surface area (Å²) in [5.74, 6) is 0.260. The molecule has 0 aliphatic heterocycles. The Balaban J connectivity index is 1.73. The SMILES string of the molecule is OCc1cccc(-c2nccnc2NCc2ccc(OC(F)(F)F)cc2)c1. The Morgan fingerprint density at radius 1 is 0.963 bits per heavy atom. The molecule has 3 aromatic rings. The van der Waals surface area contributed by atoms with Gasteiger partial charge in [-0.25, -0.2) is 4.98 Å². The van der Waals surface area contributed by atoms with E-state index in [4.69, 9.17) is 0 Å². The molecule has 2 N–H and O–H groups in total. The number of nitrogens with one attached hydrogen (secondary N) is 1. The van der Waals surface area contributed by atoms with Gasteiger partial charge in [0.25, 0.3) is 0 Å². The van der Waals surface area contributed by atoms with Crippen molar-refractivity contribution in [3.8, 4) is 17.0 Å². The zero-order valence-electron chi connectivity index (χ0n) is 14.1. The van der Waals surface area contributed by atoms with Crippen molar-refractivity contribution < 1.29 is 23.0 Å². The third-order valence-corrected chi connectivity index (χ3v) is 3.70. The summed E-state index contributed by atoms with van der Waals surface area (Å²) in [7, 11) is 0. The fraction of sp³-hybridized carbons (Fsp3) is 0.158. The largest absolute Gasteiger partial charge is 0.573 e. The van der Waals surface area contributed by atoms with Gasteiger partial charge < -0.3 is 15.2 Å². The van der Waals surface area contributed by atoms with Gasteiger partial charge in [0.2, 0.25) is 0 Å². The van der Waals surface area contributed by atoms with Crippen LogP contribution >= 0.6 is 0 Å². The average Bonchev–Trinajstić information content (AvgIpc) is 2.66. The molecule has 2 aromatic carbocycles. The van der Waals surface area contributed by atoms with Crippen molar-refractivity contribution in [2.24, 2.45) is 0 Å². The molecule has 5 nitrogen and oxygen atoms in total. The molecular weight excluding hydrogens is 359 g/mol. The number of rotatable bonds is 6. The first kappa shape index (κ1) is 18.7. The van der Waals surface area contributed by atoms with E-state index in [0.717, 1.165) is 16.7 Å². The molecule has 0 saturated heterocycles. The van der Waals surface area contributed by atoms with Gasteiger partial charge in [-0.1, -0.05) is 30.3 Å². The summed E-state index contributed by atoms with van der Waals surface area (Å²) < 4.78 is 40.5. The van der Waals surface area contributed by atoms with Crippen LogP contribution in [-0.2, 0) is 13.2 Å². The predicted octanol–water partition coefficient (Wildman–Crippen LogP) is 4.15. The first-order chi connectivity index (χ1) is 12.9. The lowest BCUT2D eigenvalue weighted by Crippen LogP contribution is -2.17. The minimum absolute atomic E-state index is 0.0801. The summed E-state index contributed by atoms with van der Waals surface area (Å²) >= 11 is 0. The van der Waals surface area contributed by atoms with Crippen molar-refractivity contribution in [3.63, 3.8) is 0 Å². The van der Waals surface area contributed by atoms with Gasteiger partial charge >= 0.3 is 6.36 Å². The van der Waals surface area contributed by atoms with Crippen LogP contribution in [0.15, 0.2) is 60.9 Å². The molecular formula is C19H16F3N3O2. The van der Waals surface area contributed by atoms with Gasteiger partial charge in [-0.3, -0.25) is 4.98 Å². The highest BCUT2D eigenvalue weighted by molar-refractivity contribution is 5.71. The van der Waals surface area contributed by atoms with E-state index in [0.29, 0.717) is 18.1 Å². The molecule has 0 radical (unpaired) electrons. The lowest BCUT2D eigenvalue weighted by molar-refractivity contribution is -0.274. The van der Waals surface area contributed by atoms with Crippen LogP contribution in [0.4, 0.5) is 19.0 Å². The number of aliphatic hydroxyl groups excluding tert-OH is 1. The Morgan fingerprint density at radius 3 is 2.41 bits per heavy atom. The van der Waals surface area contributed by atoms with E-state index >= 15 is 0 Å². The lowest BCUT2D eigenvalue weighted by atomic mass is 10.1. The highest BCUT2D eigenvalue weighted by Gasteiger charge is 2.30. The zero-order chi connectivity index (χ0) is 19.3. The summed E-state index contributed by atoms with van der Waals surface area (Å²) in [6.07, 6.45) is -1.60. The average molecular weight is 375 g/mol. The monoisotopic (exact) mass is 375 g/mol. The van der Waals surface area contributed by atoms with Gasteiger partial charge in [0.1, 0.15) is 11.4 Å². The van der Waals surface area contributed by atoms with Crippen LogP contribution in [0.5, 0.6) is 5.75 Å². The smallest absolute Gasteiger partial charge is 0.406 e. The second-order valence-electron chi connectivity index (χ2n) is 5.66. The van der Waals surface area contributed by atoms with E-state index in [1.807, 2.05) is 18.2 Å². The van der Waals surface area contributed by atoms with E-state index in [2.05, 4.69) is 20.0 Å². The summed E-state index contributed by atoms with van der Waals surface area (Å²) in [4.78, 5) is 8.62. The van der Waals surface area contributed by atoms with Gasteiger partial charge in [-0.15, -0.1) is 13.2 Å². The number of alkyl halides is 3. The fourth-order valence-electron chi connectivity index (χ4n) is 2.49. The molecule has 8 heteroatoms. The number of ether oxygens (including phenoxy) is 1. The third-order valence-electron chi connectivity index (χ3n) is 3.70. The van der Waals surface area contributed by atoms with Crippen molar-refractivity contribution in [2.45, 2.75) is 19.5 Å². The first-order valence-corrected chi connectivity index (χ1v) is 8.04. The Bertz CT molecular complexity index is 899. The predicted molar refractivity (Wildman–Crippen MR) is 93.8 cm³/mol. The molecule has 3 rings (SSSR count). The topological polar surface area (TPSA) is 67.3 Å². The molecule has 0 saturated carbocycles. The second-order valence-corrected chi connectivity index (χ2v) is 5.66. The molecule has 1 heterocycles. The van der Waals surface area contributed by atoms with Crippen molar-refractivity contribution in [1.82, 2.24) is 9.97 Å². The van der Waals surface area contributed by atoms with Crippen molar-refractivity contribution in [1.29, 1.82) is 0 Å². The van der Waals surface area contributed by atoms with Crippen LogP contribution in [0.2, 0.25) is 0 Å². The van der Waals surface area contributed by atoms with E-state index in [-0.39, 0.29) is 12.4 Å². The van der Waals surface area contributed by atoms with E-state index in [1.165, 1.54) is 24.3 Å². The Hall–Kier alpha value is -3.13. The van der Waals surface area contributed by atoms with E-state index < -0.39 is 6.36 Å². The molecule has 27 heavy (non-hydrogen) atoms. The highest BCUT2D eigenvalue weighted by atomic mass is 19.4. The number of halogens is 3. The Kier molecular flexibility index (Phi) is 5.56. The quantitative estimate of drug-likeness (QED) is 0.678. The number of hydrogen-bond acceptors (Lipinski definition) is 5. The standard InChI is InChI=1S/C19H16F3N3O2/c20-19(21,22)27-16-6-4-13(5-7-16)11-25-18-17(23-8-9-24-18)15-3-1-2-14(10-15)12-26/h1-10,26H,11-12H2,(H,24,25). The first-order valence-electron chi connectivity index (χ1n) is 8.04. The van der Waals surface area contributed by atoms with Crippen LogP contribution in [0.1, 0.15) is 11.1 Å². The van der Waals surface area contributed by atoms with Gasteiger partial charge in [0, 0.05) is 24.5 Å². The molecule has 0 aliphatic rings. The number of hydrogen-bond donors (Lipinski definition) is 2. The lowest BCUT2D eigenvalue weighted by Gasteiger charge is -2.12. The molecule has 1 aromatic heterocycles. The highest BCUT2D eigenvalue weighted by Crippen LogP contribution is 2.26. The van der Waals surface area contributed by atoms with E-state index in [9.17, 15) is 18.3 Å². The van der Waals surface area contributed by atoms with Crippen LogP contribution in [0.25, 0.3) is 11.3 Å². The van der Waals surface area contributed by atoms with Crippen molar-refractivity contribution >= 4 is 5.82 Å². The van der Waals surface area contributed by atoms with Crippen molar-refractivity contribution in [2.75, 3.05) is 5.32 Å². The molecule has 0 spiro atoms. The second kappa shape index (κ2) is 8.05. The Labute approximate surface area is 153 Å². The van der Waals surface area contributed by atoms with Crippen molar-refractivity contribution in [3.05, 3.63) is 72.1 Å². The fourth-order valence-corrected chi connectivity index (χ4v) is 2.49. The third kappa shape index (κ3) is 5.18. The normalized spacial score (nSPS) is 11.3. The van der Waals surface area contributed by atoms with Gasteiger partial charge in [-0.05, 0) is 29.3 Å². The van der Waals surface area contributed by atoms with Crippen LogP contribution in [0, 0.1) is 0 Å². The molecule has 0 unspecified atom stereocenters. The number of aromatic nitrogens is 2. The molecule has 0 amide bonds. The van der Waals surface area contributed by atoms with Crippen LogP contribution < -0.4 is 10.1 Å². The van der Waals surface area contributed by atoms with Gasteiger partial charge in [-0.2, -0.15) is 0 Å². The maximum absolute atomic E-state index is 12.2. The maximum Gasteiger partial charge on any atom is 0.573 e. The minimum atomic E-state index is -4.71. The molecule has 0 aliphatic carbocycles. The number of aliphatic hydroxyl groups is 1. The number of nitrogens with zero attached hydrogens (tertiary/aromatic N) is 2. The molecule has 140 valence electrons. The zero-order valence-corrected chi connectivity index (χ0v) is 14.1. The minimum Gasteiger partial charge on any atom is -0.406 e. The summed E-state index contributed by atoms with van der Waals surface area (Å²) in [6.45, 7) is 0.265. The molecule has 0 fully saturated rings. The van der Waals surface area contributed by atoms with Crippen LogP contribution in [0.3, 0.4) is 0 Å². The summed E-state index contributed by atoms with van der Waals surface area (Å²) in [6, 6.07) is 12.9. The Morgan fingerprint density at radius 2 is 1.70 bits per heavy atom. The number of anilines is 1. The maximum atomic E-state index is 12.2. The van der Waals surface area contributed by atoms with Gasteiger partial charge in [0.05, 0.1) is 6.61 Å². The number of benzene rings is 2. The van der Waals surface area contributed by atoms with Gasteiger partial charge in [0.15, 0.2) is 5.82 Å². The van der Waals surface area contributed by atoms with E-state index in [1.54, 1.807) is 18.5 Å². The summed E-state index contributed by atoms with van der Waals surface area (Å²) in [5.41, 5.74) is 2.92.